The van der Waals surface area contributed by atoms with E-state index in [0.717, 1.165) is 44.8 Å². The fraction of sp³-hybridized carbons (Fsp3) is 0.395. The van der Waals surface area contributed by atoms with Gasteiger partial charge in [-0.3, -0.25) is 4.90 Å². The van der Waals surface area contributed by atoms with E-state index in [0.29, 0.717) is 12.4 Å². The highest BCUT2D eigenvalue weighted by Gasteiger charge is 2.74. The topological polar surface area (TPSA) is 46.9 Å². The summed E-state index contributed by atoms with van der Waals surface area (Å²) in [6.07, 6.45) is 5.10. The van der Waals surface area contributed by atoms with Gasteiger partial charge >= 0.3 is 0 Å². The van der Waals surface area contributed by atoms with Crippen LogP contribution in [0.4, 0.5) is 0 Å². The number of aryl methyl sites for hydroxylation is 3. The van der Waals surface area contributed by atoms with E-state index in [1.54, 1.807) is 0 Å². The highest BCUT2D eigenvalue weighted by Crippen LogP contribution is 2.70. The van der Waals surface area contributed by atoms with E-state index in [9.17, 15) is 5.11 Å². The van der Waals surface area contributed by atoms with Crippen molar-refractivity contribution in [2.75, 3.05) is 13.1 Å². The Kier molecular flexibility index (Phi) is 6.16. The molecule has 1 aromatic heterocycles. The molecule has 1 N–H and O–H groups in total. The predicted octanol–water partition coefficient (Wildman–Crippen LogP) is 8.24. The molecule has 3 aliphatic carbocycles. The first-order valence-corrected chi connectivity index (χ1v) is 18.0. The summed E-state index contributed by atoms with van der Waals surface area (Å²) in [5.41, 5.74) is 11.9. The Morgan fingerprint density at radius 2 is 1.69 bits per heavy atom. The first-order chi connectivity index (χ1) is 23.4. The minimum atomic E-state index is -0.514. The Morgan fingerprint density at radius 3 is 2.48 bits per heavy atom. The largest absolute Gasteiger partial charge is 0.504 e. The van der Waals surface area contributed by atoms with Gasteiger partial charge < -0.3 is 19.1 Å². The lowest BCUT2D eigenvalue weighted by Crippen LogP contribution is -2.75. The van der Waals surface area contributed by atoms with Gasteiger partial charge in [-0.05, 0) is 92.8 Å². The lowest BCUT2D eigenvalue weighted by Gasteiger charge is -2.64. The van der Waals surface area contributed by atoms with Crippen molar-refractivity contribution in [1.29, 1.82) is 0 Å². The van der Waals surface area contributed by atoms with E-state index < -0.39 is 11.0 Å². The Balaban J connectivity index is 1.24. The maximum atomic E-state index is 11.5. The molecule has 5 nitrogen and oxygen atoms in total. The van der Waals surface area contributed by atoms with Crippen LogP contribution in [0.25, 0.3) is 10.9 Å². The number of likely N-dealkylation sites (tertiary alicyclic amines) is 1. The fourth-order valence-electron chi connectivity index (χ4n) is 10.5. The third kappa shape index (κ3) is 3.92. The number of aromatic hydroxyl groups is 1. The minimum absolute atomic E-state index is 0.221. The Morgan fingerprint density at radius 1 is 0.917 bits per heavy atom. The van der Waals surface area contributed by atoms with Gasteiger partial charge in [-0.2, -0.15) is 0 Å². The molecule has 1 spiro atoms. The molecule has 0 unspecified atom stereocenters. The second-order valence-electron chi connectivity index (χ2n) is 15.6. The first kappa shape index (κ1) is 28.9. The van der Waals surface area contributed by atoms with E-state index >= 15 is 0 Å². The SMILES string of the molecule is Cc1cccc(CO[C@@]23Cc4c(n(Cc5cccc(C)c5)c5c(C)cccc45)[C@@H]4Oc5c(O)ccc6c5[C@@]42CCN(CC2CC2)[C@H]3C6)c1. The molecule has 48 heavy (non-hydrogen) atoms. The molecule has 1 saturated carbocycles. The monoisotopic (exact) mass is 636 g/mol. The van der Waals surface area contributed by atoms with Gasteiger partial charge in [0.15, 0.2) is 17.6 Å². The fourth-order valence-corrected chi connectivity index (χ4v) is 10.5. The molecule has 4 aromatic carbocycles. The molecule has 5 heteroatoms. The van der Waals surface area contributed by atoms with Crippen LogP contribution in [0.1, 0.15) is 75.6 Å². The number of piperidine rings is 1. The van der Waals surface area contributed by atoms with Crippen molar-refractivity contribution in [3.63, 3.8) is 0 Å². The second-order valence-corrected chi connectivity index (χ2v) is 15.6. The van der Waals surface area contributed by atoms with Crippen molar-refractivity contribution in [2.24, 2.45) is 5.92 Å². The number of hydrogen-bond donors (Lipinski definition) is 1. The first-order valence-electron chi connectivity index (χ1n) is 18.0. The van der Waals surface area contributed by atoms with Crippen LogP contribution in [-0.4, -0.2) is 39.3 Å². The lowest BCUT2D eigenvalue weighted by atomic mass is 9.48. The normalized spacial score (nSPS) is 26.7. The third-order valence-electron chi connectivity index (χ3n) is 12.6. The van der Waals surface area contributed by atoms with Crippen LogP contribution in [0, 0.1) is 26.7 Å². The van der Waals surface area contributed by atoms with Crippen LogP contribution in [0.2, 0.25) is 0 Å². The number of ether oxygens (including phenoxy) is 2. The van der Waals surface area contributed by atoms with Crippen LogP contribution in [0.3, 0.4) is 0 Å². The molecule has 2 bridgehead atoms. The highest BCUT2D eigenvalue weighted by atomic mass is 16.5. The zero-order valence-electron chi connectivity index (χ0n) is 28.3. The van der Waals surface area contributed by atoms with E-state index in [4.69, 9.17) is 9.47 Å². The van der Waals surface area contributed by atoms with Crippen LogP contribution in [0.15, 0.2) is 78.9 Å². The van der Waals surface area contributed by atoms with E-state index in [-0.39, 0.29) is 17.9 Å². The van der Waals surface area contributed by atoms with Crippen LogP contribution < -0.4 is 4.74 Å². The zero-order valence-corrected chi connectivity index (χ0v) is 28.3. The van der Waals surface area contributed by atoms with Crippen molar-refractivity contribution in [2.45, 2.75) is 89.2 Å². The average molecular weight is 637 g/mol. The summed E-state index contributed by atoms with van der Waals surface area (Å²) < 4.78 is 17.5. The number of aromatic nitrogens is 1. The van der Waals surface area contributed by atoms with E-state index in [1.807, 2.05) is 6.07 Å². The molecular formula is C43H44N2O3. The minimum Gasteiger partial charge on any atom is -0.504 e. The van der Waals surface area contributed by atoms with E-state index in [1.165, 1.54) is 73.9 Å². The van der Waals surface area contributed by atoms with Gasteiger partial charge in [0, 0.05) is 36.5 Å². The molecular weight excluding hydrogens is 592 g/mol. The number of phenols is 1. The number of benzene rings is 4. The Labute approximate surface area is 283 Å². The number of nitrogens with zero attached hydrogens (tertiary/aromatic N) is 2. The summed E-state index contributed by atoms with van der Waals surface area (Å²) in [7, 11) is 0. The quantitative estimate of drug-likeness (QED) is 0.196. The standard InChI is InChI=1S/C43H44N2O3/c1-26-7-4-10-30(19-26)24-45-38-28(3)9-6-12-33(38)34-22-43(47-25-31-11-5-8-27(2)20-31)36-21-32-15-16-35(46)40-37(32)42(43,41(48-40)39(34)45)17-18-44(36)23-29-13-14-29/h4-12,15-16,19-20,29,36,41,46H,13-14,17-18,21-25H2,1-3H3/t36-,41-,42-,43+/m0/s1. The zero-order chi connectivity index (χ0) is 32.4. The maximum absolute atomic E-state index is 11.5. The summed E-state index contributed by atoms with van der Waals surface area (Å²) in [6, 6.07) is 28.8. The molecule has 5 aliphatic rings. The number of phenolic OH excluding ortho intramolecular Hbond substituents is 1. The molecule has 2 fully saturated rings. The molecule has 10 rings (SSSR count). The molecule has 0 amide bonds. The molecule has 244 valence electrons. The van der Waals surface area contributed by atoms with Gasteiger partial charge in [0.25, 0.3) is 0 Å². The van der Waals surface area contributed by atoms with Gasteiger partial charge in [0.05, 0.1) is 23.2 Å². The second kappa shape index (κ2) is 10.2. The lowest BCUT2D eigenvalue weighted by molar-refractivity contribution is -0.211. The van der Waals surface area contributed by atoms with Crippen LogP contribution in [0.5, 0.6) is 11.5 Å². The van der Waals surface area contributed by atoms with Gasteiger partial charge in [0.2, 0.25) is 0 Å². The molecule has 5 aromatic rings. The summed E-state index contributed by atoms with van der Waals surface area (Å²) in [4.78, 5) is 2.80. The third-order valence-corrected chi connectivity index (χ3v) is 12.6. The smallest absolute Gasteiger partial charge is 0.166 e. The molecule has 1 saturated heterocycles. The van der Waals surface area contributed by atoms with Crippen LogP contribution in [-0.2, 0) is 36.1 Å². The molecule has 3 heterocycles. The average Bonchev–Trinajstić information content (AvgIpc) is 3.74. The number of fused-ring (bicyclic) bond motifs is 4. The van der Waals surface area contributed by atoms with Gasteiger partial charge in [0.1, 0.15) is 5.60 Å². The summed E-state index contributed by atoms with van der Waals surface area (Å²) in [5.74, 6) is 1.73. The van der Waals surface area contributed by atoms with Gasteiger partial charge in [-0.15, -0.1) is 0 Å². The van der Waals surface area contributed by atoms with Gasteiger partial charge in [-0.1, -0.05) is 83.9 Å². The van der Waals surface area contributed by atoms with Crippen molar-refractivity contribution < 1.29 is 14.6 Å². The highest BCUT2D eigenvalue weighted by molar-refractivity contribution is 5.90. The summed E-state index contributed by atoms with van der Waals surface area (Å²) in [5, 5.41) is 12.8. The Bertz CT molecular complexity index is 2130. The molecule has 0 radical (unpaired) electrons. The molecule has 2 aliphatic heterocycles. The number of hydrogen-bond acceptors (Lipinski definition) is 4. The maximum Gasteiger partial charge on any atom is 0.166 e. The molecule has 4 atom stereocenters. The van der Waals surface area contributed by atoms with Crippen molar-refractivity contribution in [3.05, 3.63) is 129 Å². The summed E-state index contributed by atoms with van der Waals surface area (Å²) in [6.45, 7) is 10.1. The van der Waals surface area contributed by atoms with Gasteiger partial charge in [-0.25, -0.2) is 0 Å². The number of rotatable bonds is 7. The predicted molar refractivity (Wildman–Crippen MR) is 189 cm³/mol. The number of para-hydroxylation sites is 1. The Hall–Kier alpha value is -4.06. The van der Waals surface area contributed by atoms with Crippen molar-refractivity contribution in [1.82, 2.24) is 9.47 Å². The van der Waals surface area contributed by atoms with Crippen molar-refractivity contribution in [3.8, 4) is 11.5 Å². The van der Waals surface area contributed by atoms with E-state index in [2.05, 4.69) is 103 Å². The summed E-state index contributed by atoms with van der Waals surface area (Å²) >= 11 is 0. The van der Waals surface area contributed by atoms with Crippen LogP contribution >= 0.6 is 0 Å². The van der Waals surface area contributed by atoms with Crippen molar-refractivity contribution >= 4 is 10.9 Å².